The lowest BCUT2D eigenvalue weighted by molar-refractivity contribution is 0.102. The van der Waals surface area contributed by atoms with Crippen molar-refractivity contribution in [2.75, 3.05) is 5.32 Å². The van der Waals surface area contributed by atoms with Gasteiger partial charge in [0.25, 0.3) is 11.5 Å². The highest BCUT2D eigenvalue weighted by molar-refractivity contribution is 7.21. The van der Waals surface area contributed by atoms with E-state index in [0.29, 0.717) is 27.4 Å². The molecule has 1 amide bonds. The maximum Gasteiger partial charge on any atom is 0.265 e. The highest BCUT2D eigenvalue weighted by Crippen LogP contribution is 2.37. The van der Waals surface area contributed by atoms with E-state index in [1.54, 1.807) is 30.3 Å². The van der Waals surface area contributed by atoms with Gasteiger partial charge in [0.2, 0.25) is 0 Å². The molecule has 5 rings (SSSR count). The molecule has 0 aliphatic rings. The number of amides is 1. The quantitative estimate of drug-likeness (QED) is 0.303. The number of pyridine rings is 1. The number of H-pyrrole nitrogens is 1. The molecule has 3 N–H and O–H groups in total. The number of anilines is 1. The minimum atomic E-state index is -0.695. The molecular weight excluding hydrogens is 436 g/mol. The largest absolute Gasteiger partial charge is 0.506 e. The standard InChI is InChI=1S/C26H18N2O4S/c29-23-20-15-21(16-7-3-1-4-8-16)33-26(20)28-25(31)22(23)24(30)27-17-11-13-19(14-12-17)32-18-9-5-2-6-10-18/h1-15H,(H,27,30)(H2,28,29,31). The summed E-state index contributed by atoms with van der Waals surface area (Å²) in [7, 11) is 0. The fourth-order valence-corrected chi connectivity index (χ4v) is 4.51. The number of aromatic hydroxyl groups is 1. The topological polar surface area (TPSA) is 91.4 Å². The molecule has 0 bridgehead atoms. The second-order valence-corrected chi connectivity index (χ2v) is 8.34. The number of carbonyl (C=O) groups is 1. The number of ether oxygens (including phenoxy) is 1. The summed E-state index contributed by atoms with van der Waals surface area (Å²) in [6.45, 7) is 0. The van der Waals surface area contributed by atoms with Crippen LogP contribution >= 0.6 is 11.3 Å². The zero-order chi connectivity index (χ0) is 22.8. The van der Waals surface area contributed by atoms with Gasteiger partial charge < -0.3 is 20.1 Å². The van der Waals surface area contributed by atoms with Gasteiger partial charge in [0.05, 0.1) is 5.39 Å². The molecule has 0 fully saturated rings. The predicted molar refractivity (Wildman–Crippen MR) is 130 cm³/mol. The van der Waals surface area contributed by atoms with Crippen LogP contribution in [-0.2, 0) is 0 Å². The first-order valence-corrected chi connectivity index (χ1v) is 11.0. The summed E-state index contributed by atoms with van der Waals surface area (Å²) in [6.07, 6.45) is 0. The van der Waals surface area contributed by atoms with Gasteiger partial charge in [-0.15, -0.1) is 11.3 Å². The van der Waals surface area contributed by atoms with Crippen LogP contribution < -0.4 is 15.6 Å². The Morgan fingerprint density at radius 3 is 2.21 bits per heavy atom. The Morgan fingerprint density at radius 1 is 0.879 bits per heavy atom. The fourth-order valence-electron chi connectivity index (χ4n) is 3.45. The lowest BCUT2D eigenvalue weighted by atomic mass is 10.1. The molecule has 6 nitrogen and oxygen atoms in total. The molecule has 3 aromatic carbocycles. The minimum Gasteiger partial charge on any atom is -0.506 e. The van der Waals surface area contributed by atoms with Gasteiger partial charge >= 0.3 is 0 Å². The van der Waals surface area contributed by atoms with Crippen molar-refractivity contribution < 1.29 is 14.6 Å². The van der Waals surface area contributed by atoms with Crippen molar-refractivity contribution in [3.05, 3.63) is 107 Å². The molecule has 5 aromatic rings. The van der Waals surface area contributed by atoms with Crippen LogP contribution in [0.15, 0.2) is 95.8 Å². The average molecular weight is 455 g/mol. The smallest absolute Gasteiger partial charge is 0.265 e. The Bertz CT molecular complexity index is 1490. The van der Waals surface area contributed by atoms with Crippen LogP contribution in [0.4, 0.5) is 5.69 Å². The lowest BCUT2D eigenvalue weighted by Gasteiger charge is -2.09. The van der Waals surface area contributed by atoms with Crippen LogP contribution in [0.3, 0.4) is 0 Å². The van der Waals surface area contributed by atoms with Crippen molar-refractivity contribution in [3.63, 3.8) is 0 Å². The summed E-state index contributed by atoms with van der Waals surface area (Å²) in [5.74, 6) is 0.270. The third-order valence-corrected chi connectivity index (χ3v) is 6.15. The SMILES string of the molecule is O=C(Nc1ccc(Oc2ccccc2)cc1)c1c(O)c2cc(-c3ccccc3)sc2[nH]c1=O. The molecule has 0 radical (unpaired) electrons. The number of aromatic amines is 1. The average Bonchev–Trinajstić information content (AvgIpc) is 3.26. The fraction of sp³-hybridized carbons (Fsp3) is 0. The maximum absolute atomic E-state index is 12.8. The van der Waals surface area contributed by atoms with Gasteiger partial charge in [-0.05, 0) is 48.0 Å². The third kappa shape index (κ3) is 4.22. The van der Waals surface area contributed by atoms with Gasteiger partial charge in [-0.1, -0.05) is 48.5 Å². The number of hydrogen-bond acceptors (Lipinski definition) is 5. The first kappa shape index (κ1) is 20.5. The number of aromatic nitrogens is 1. The van der Waals surface area contributed by atoms with Crippen LogP contribution in [0.25, 0.3) is 20.7 Å². The van der Waals surface area contributed by atoms with Crippen molar-refractivity contribution in [1.29, 1.82) is 0 Å². The predicted octanol–water partition coefficient (Wildman–Crippen LogP) is 6.01. The molecule has 0 aliphatic heterocycles. The lowest BCUT2D eigenvalue weighted by Crippen LogP contribution is -2.23. The van der Waals surface area contributed by atoms with Crippen LogP contribution in [0, 0.1) is 0 Å². The van der Waals surface area contributed by atoms with E-state index in [9.17, 15) is 14.7 Å². The molecule has 33 heavy (non-hydrogen) atoms. The van der Waals surface area contributed by atoms with Crippen molar-refractivity contribution in [2.45, 2.75) is 0 Å². The molecule has 0 saturated heterocycles. The summed E-state index contributed by atoms with van der Waals surface area (Å²) in [5.41, 5.74) is 0.449. The van der Waals surface area contributed by atoms with Crippen LogP contribution in [0.1, 0.15) is 10.4 Å². The zero-order valence-corrected chi connectivity index (χ0v) is 18.1. The number of nitrogens with one attached hydrogen (secondary N) is 2. The Kier molecular flexibility index (Phi) is 5.38. The molecule has 2 aromatic heterocycles. The Labute approximate surface area is 192 Å². The Balaban J connectivity index is 1.39. The van der Waals surface area contributed by atoms with E-state index in [0.717, 1.165) is 10.4 Å². The van der Waals surface area contributed by atoms with E-state index in [1.807, 2.05) is 60.7 Å². The molecule has 0 aliphatic carbocycles. The van der Waals surface area contributed by atoms with Crippen molar-refractivity contribution >= 4 is 33.1 Å². The molecule has 2 heterocycles. The second kappa shape index (κ2) is 8.64. The van der Waals surface area contributed by atoms with Crippen molar-refractivity contribution in [1.82, 2.24) is 4.98 Å². The molecule has 0 atom stereocenters. The monoisotopic (exact) mass is 454 g/mol. The first-order valence-electron chi connectivity index (χ1n) is 10.2. The number of benzene rings is 3. The van der Waals surface area contributed by atoms with Gasteiger partial charge in [-0.25, -0.2) is 0 Å². The molecule has 0 spiro atoms. The first-order chi connectivity index (χ1) is 16.1. The van der Waals surface area contributed by atoms with Gasteiger partial charge in [-0.2, -0.15) is 0 Å². The maximum atomic E-state index is 12.8. The highest BCUT2D eigenvalue weighted by Gasteiger charge is 2.21. The van der Waals surface area contributed by atoms with E-state index in [-0.39, 0.29) is 11.3 Å². The Morgan fingerprint density at radius 2 is 1.52 bits per heavy atom. The van der Waals surface area contributed by atoms with Crippen LogP contribution in [0.5, 0.6) is 17.2 Å². The van der Waals surface area contributed by atoms with Crippen molar-refractivity contribution in [2.24, 2.45) is 0 Å². The number of fused-ring (bicyclic) bond motifs is 1. The van der Waals surface area contributed by atoms with Crippen molar-refractivity contribution in [3.8, 4) is 27.7 Å². The summed E-state index contributed by atoms with van der Waals surface area (Å²) >= 11 is 1.34. The van der Waals surface area contributed by atoms with Gasteiger partial charge in [0, 0.05) is 10.6 Å². The van der Waals surface area contributed by atoms with E-state index >= 15 is 0 Å². The molecule has 7 heteroatoms. The van der Waals surface area contributed by atoms with E-state index < -0.39 is 11.5 Å². The van der Waals surface area contributed by atoms with Gasteiger partial charge in [-0.3, -0.25) is 9.59 Å². The molecule has 0 saturated carbocycles. The van der Waals surface area contributed by atoms with E-state index in [1.165, 1.54) is 11.3 Å². The number of thiophene rings is 1. The van der Waals surface area contributed by atoms with E-state index in [2.05, 4.69) is 10.3 Å². The second-order valence-electron chi connectivity index (χ2n) is 7.29. The number of para-hydroxylation sites is 1. The summed E-state index contributed by atoms with van der Waals surface area (Å²) in [5, 5.41) is 13.8. The van der Waals surface area contributed by atoms with Crippen LogP contribution in [-0.4, -0.2) is 16.0 Å². The number of rotatable bonds is 5. The summed E-state index contributed by atoms with van der Waals surface area (Å²) in [6, 6.07) is 27.5. The van der Waals surface area contributed by atoms with E-state index in [4.69, 9.17) is 4.74 Å². The summed E-state index contributed by atoms with van der Waals surface area (Å²) < 4.78 is 5.74. The van der Waals surface area contributed by atoms with Crippen LogP contribution in [0.2, 0.25) is 0 Å². The van der Waals surface area contributed by atoms with Gasteiger partial charge in [0.15, 0.2) is 0 Å². The zero-order valence-electron chi connectivity index (χ0n) is 17.2. The third-order valence-electron chi connectivity index (χ3n) is 5.05. The highest BCUT2D eigenvalue weighted by atomic mass is 32.1. The number of hydrogen-bond donors (Lipinski definition) is 3. The Hall–Kier alpha value is -4.36. The molecule has 162 valence electrons. The normalized spacial score (nSPS) is 10.8. The minimum absolute atomic E-state index is 0.329. The molecular formula is C26H18N2O4S. The number of carbonyl (C=O) groups excluding carboxylic acids is 1. The summed E-state index contributed by atoms with van der Waals surface area (Å²) in [4.78, 5) is 29.5. The molecule has 0 unspecified atom stereocenters. The van der Waals surface area contributed by atoms with Gasteiger partial charge in [0.1, 0.15) is 27.6 Å².